The van der Waals surface area contributed by atoms with Crippen molar-refractivity contribution in [2.45, 2.75) is 56.8 Å². The summed E-state index contributed by atoms with van der Waals surface area (Å²) in [6.07, 6.45) is 1.21. The SMILES string of the molecule is C[C@@H]1NC(=O)[C@H]2CCCN2C(=O)[C@@H](Cc2ccccc2)NC(=O)COc2ccc(cc2)C[C@@H](C(=O)O)NC1=O. The second kappa shape index (κ2) is 12.4. The normalized spacial score (nSPS) is 24.8. The van der Waals surface area contributed by atoms with Crippen LogP contribution in [-0.2, 0) is 36.8 Å². The molecule has 39 heavy (non-hydrogen) atoms. The standard InChI is InChI=1S/C28H32N4O7/c1-17-25(34)31-22(28(37)38)15-19-9-11-20(12-10-19)39-16-24(33)30-21(14-18-6-3-2-4-7-18)27(36)32-13-5-8-23(32)26(35)29-17/h2-4,6-7,9-12,17,21-23H,5,8,13-16H2,1H3,(H,29,35)(H,30,33)(H,31,34)(H,37,38)/t17-,21+,22-,23+/m0/s1. The van der Waals surface area contributed by atoms with E-state index in [9.17, 15) is 29.1 Å². The first-order valence-corrected chi connectivity index (χ1v) is 12.9. The van der Waals surface area contributed by atoms with Crippen molar-refractivity contribution in [2.75, 3.05) is 13.2 Å². The number of hydrogen-bond donors (Lipinski definition) is 4. The van der Waals surface area contributed by atoms with Crippen LogP contribution in [0.1, 0.15) is 30.9 Å². The average Bonchev–Trinajstić information content (AvgIpc) is 3.42. The fraction of sp³-hybridized carbons (Fsp3) is 0.393. The molecule has 0 unspecified atom stereocenters. The number of carboxylic acid groups (broad SMARTS) is 1. The van der Waals surface area contributed by atoms with Crippen LogP contribution in [-0.4, -0.2) is 76.9 Å². The lowest BCUT2D eigenvalue weighted by Gasteiger charge is -2.29. The van der Waals surface area contributed by atoms with Gasteiger partial charge in [-0.2, -0.15) is 0 Å². The topological polar surface area (TPSA) is 154 Å². The largest absolute Gasteiger partial charge is 0.484 e. The summed E-state index contributed by atoms with van der Waals surface area (Å²) in [6.45, 7) is 1.44. The lowest BCUT2D eigenvalue weighted by molar-refractivity contribution is -0.143. The van der Waals surface area contributed by atoms with E-state index in [1.165, 1.54) is 11.8 Å². The third-order valence-corrected chi connectivity index (χ3v) is 6.85. The molecule has 1 fully saturated rings. The second-order valence-corrected chi connectivity index (χ2v) is 9.77. The molecule has 0 aromatic heterocycles. The number of carbonyl (C=O) groups excluding carboxylic acids is 4. The maximum atomic E-state index is 13.7. The molecule has 2 bridgehead atoms. The van der Waals surface area contributed by atoms with E-state index in [-0.39, 0.29) is 19.4 Å². The maximum absolute atomic E-state index is 13.7. The van der Waals surface area contributed by atoms with Crippen LogP contribution in [0.4, 0.5) is 0 Å². The first-order valence-electron chi connectivity index (χ1n) is 12.9. The van der Waals surface area contributed by atoms with E-state index in [1.54, 1.807) is 24.3 Å². The fourth-order valence-corrected chi connectivity index (χ4v) is 4.77. The molecule has 4 atom stereocenters. The number of aliphatic carboxylic acids is 1. The second-order valence-electron chi connectivity index (χ2n) is 9.77. The van der Waals surface area contributed by atoms with Crippen LogP contribution in [0.15, 0.2) is 54.6 Å². The van der Waals surface area contributed by atoms with Crippen molar-refractivity contribution in [3.8, 4) is 5.75 Å². The van der Waals surface area contributed by atoms with E-state index >= 15 is 0 Å². The van der Waals surface area contributed by atoms with Crippen LogP contribution >= 0.6 is 0 Å². The maximum Gasteiger partial charge on any atom is 0.326 e. The van der Waals surface area contributed by atoms with Gasteiger partial charge in [0, 0.05) is 19.4 Å². The highest BCUT2D eigenvalue weighted by atomic mass is 16.5. The number of ether oxygens (including phenoxy) is 1. The van der Waals surface area contributed by atoms with Gasteiger partial charge in [0.05, 0.1) is 0 Å². The van der Waals surface area contributed by atoms with E-state index in [0.717, 1.165) is 5.56 Å². The molecule has 2 aromatic rings. The van der Waals surface area contributed by atoms with Crippen molar-refractivity contribution < 1.29 is 33.8 Å². The Hall–Kier alpha value is -4.41. The molecule has 0 aliphatic carbocycles. The number of carboxylic acids is 1. The van der Waals surface area contributed by atoms with E-state index in [0.29, 0.717) is 30.7 Å². The molecule has 3 aliphatic rings. The Morgan fingerprint density at radius 2 is 1.69 bits per heavy atom. The lowest BCUT2D eigenvalue weighted by Crippen LogP contribution is -2.57. The fourth-order valence-electron chi connectivity index (χ4n) is 4.77. The Balaban J connectivity index is 1.61. The monoisotopic (exact) mass is 536 g/mol. The summed E-state index contributed by atoms with van der Waals surface area (Å²) in [7, 11) is 0. The quantitative estimate of drug-likeness (QED) is 0.443. The first kappa shape index (κ1) is 27.6. The van der Waals surface area contributed by atoms with E-state index in [1.807, 2.05) is 30.3 Å². The van der Waals surface area contributed by atoms with Crippen molar-refractivity contribution in [2.24, 2.45) is 0 Å². The number of amides is 4. The molecule has 4 N–H and O–H groups in total. The van der Waals surface area contributed by atoms with Gasteiger partial charge in [0.1, 0.15) is 29.9 Å². The molecule has 1 saturated heterocycles. The van der Waals surface area contributed by atoms with E-state index in [4.69, 9.17) is 4.74 Å². The Morgan fingerprint density at radius 3 is 2.38 bits per heavy atom. The molecule has 3 aliphatic heterocycles. The molecule has 5 rings (SSSR count). The van der Waals surface area contributed by atoms with Gasteiger partial charge >= 0.3 is 5.97 Å². The van der Waals surface area contributed by atoms with Gasteiger partial charge in [-0.1, -0.05) is 42.5 Å². The molecule has 2 aromatic carbocycles. The van der Waals surface area contributed by atoms with Crippen LogP contribution in [0.25, 0.3) is 0 Å². The zero-order valence-electron chi connectivity index (χ0n) is 21.6. The minimum absolute atomic E-state index is 0.00851. The number of rotatable bonds is 3. The van der Waals surface area contributed by atoms with Crippen LogP contribution in [0.5, 0.6) is 5.75 Å². The highest BCUT2D eigenvalue weighted by Gasteiger charge is 2.38. The van der Waals surface area contributed by atoms with Crippen LogP contribution in [0.2, 0.25) is 0 Å². The minimum Gasteiger partial charge on any atom is -0.484 e. The number of carbonyl (C=O) groups is 5. The smallest absolute Gasteiger partial charge is 0.326 e. The lowest BCUT2D eigenvalue weighted by atomic mass is 10.0. The summed E-state index contributed by atoms with van der Waals surface area (Å²) in [6, 6.07) is 11.7. The van der Waals surface area contributed by atoms with Gasteiger partial charge in [-0.05, 0) is 43.0 Å². The zero-order valence-corrected chi connectivity index (χ0v) is 21.6. The molecule has 206 valence electrons. The summed E-state index contributed by atoms with van der Waals surface area (Å²) in [5.74, 6) is -2.91. The molecular formula is C28H32N4O7. The van der Waals surface area contributed by atoms with Crippen molar-refractivity contribution in [1.82, 2.24) is 20.9 Å². The molecule has 0 saturated carbocycles. The van der Waals surface area contributed by atoms with Crippen LogP contribution in [0.3, 0.4) is 0 Å². The minimum atomic E-state index is -1.22. The van der Waals surface area contributed by atoms with Gasteiger partial charge in [0.25, 0.3) is 5.91 Å². The predicted molar refractivity (Wildman–Crippen MR) is 140 cm³/mol. The Labute approximate surface area is 225 Å². The number of nitrogens with zero attached hydrogens (tertiary/aromatic N) is 1. The number of hydrogen-bond acceptors (Lipinski definition) is 6. The molecule has 0 spiro atoms. The van der Waals surface area contributed by atoms with Crippen molar-refractivity contribution in [3.63, 3.8) is 0 Å². The third kappa shape index (κ3) is 7.13. The third-order valence-electron chi connectivity index (χ3n) is 6.85. The number of benzene rings is 2. The predicted octanol–water partition coefficient (Wildman–Crippen LogP) is 0.414. The highest BCUT2D eigenvalue weighted by Crippen LogP contribution is 2.20. The summed E-state index contributed by atoms with van der Waals surface area (Å²) < 4.78 is 5.59. The van der Waals surface area contributed by atoms with Gasteiger partial charge in [-0.25, -0.2) is 4.79 Å². The Bertz CT molecular complexity index is 1220. The van der Waals surface area contributed by atoms with Crippen LogP contribution < -0.4 is 20.7 Å². The molecular weight excluding hydrogens is 504 g/mol. The summed E-state index contributed by atoms with van der Waals surface area (Å²) in [5.41, 5.74) is 1.47. The number of nitrogens with one attached hydrogen (secondary N) is 3. The summed E-state index contributed by atoms with van der Waals surface area (Å²) in [4.78, 5) is 65.7. The van der Waals surface area contributed by atoms with Gasteiger partial charge in [-0.15, -0.1) is 0 Å². The van der Waals surface area contributed by atoms with E-state index in [2.05, 4.69) is 16.0 Å². The molecule has 4 amide bonds. The summed E-state index contributed by atoms with van der Waals surface area (Å²) in [5, 5.41) is 17.5. The van der Waals surface area contributed by atoms with Crippen molar-refractivity contribution in [1.29, 1.82) is 0 Å². The molecule has 11 nitrogen and oxygen atoms in total. The van der Waals surface area contributed by atoms with Crippen LogP contribution in [0, 0.1) is 0 Å². The Morgan fingerprint density at radius 1 is 0.974 bits per heavy atom. The molecule has 3 heterocycles. The molecule has 11 heteroatoms. The van der Waals surface area contributed by atoms with Gasteiger partial charge in [-0.3, -0.25) is 19.2 Å². The van der Waals surface area contributed by atoms with Gasteiger partial charge in [0.15, 0.2) is 6.61 Å². The van der Waals surface area contributed by atoms with Gasteiger partial charge in [0.2, 0.25) is 17.7 Å². The van der Waals surface area contributed by atoms with Gasteiger partial charge < -0.3 is 30.7 Å². The van der Waals surface area contributed by atoms with E-state index < -0.39 is 53.8 Å². The first-order chi connectivity index (χ1) is 18.7. The Kier molecular flexibility index (Phi) is 8.80. The average molecular weight is 537 g/mol. The van der Waals surface area contributed by atoms with Crippen molar-refractivity contribution >= 4 is 29.6 Å². The summed E-state index contributed by atoms with van der Waals surface area (Å²) >= 11 is 0. The number of fused-ring (bicyclic) bond motifs is 13. The zero-order chi connectivity index (χ0) is 27.9. The highest BCUT2D eigenvalue weighted by molar-refractivity contribution is 5.95. The molecule has 0 radical (unpaired) electrons. The van der Waals surface area contributed by atoms with Crippen molar-refractivity contribution in [3.05, 3.63) is 65.7 Å².